The Morgan fingerprint density at radius 3 is 1.80 bits per heavy atom. The zero-order valence-electron chi connectivity index (χ0n) is 10.8. The zero-order chi connectivity index (χ0) is 13.9. The maximum atomic E-state index is 10.4. The highest BCUT2D eigenvalue weighted by Crippen LogP contribution is 2.42. The third-order valence-electron chi connectivity index (χ3n) is 3.28. The molecule has 0 aliphatic carbocycles. The van der Waals surface area contributed by atoms with Gasteiger partial charge in [0.15, 0.2) is 0 Å². The van der Waals surface area contributed by atoms with E-state index in [0.29, 0.717) is 5.02 Å². The molecule has 0 heterocycles. The predicted molar refractivity (Wildman–Crippen MR) is 84.0 cm³/mol. The van der Waals surface area contributed by atoms with Crippen molar-refractivity contribution in [3.63, 3.8) is 0 Å². The Morgan fingerprint density at radius 2 is 1.20 bits per heavy atom. The summed E-state index contributed by atoms with van der Waals surface area (Å²) in [4.78, 5) is 0. The molecule has 0 saturated carbocycles. The first-order valence-corrected chi connectivity index (χ1v) is 6.77. The van der Waals surface area contributed by atoms with Crippen molar-refractivity contribution in [2.75, 3.05) is 0 Å². The van der Waals surface area contributed by atoms with Crippen LogP contribution in [0, 0.1) is 0 Å². The Labute approximate surface area is 123 Å². The van der Waals surface area contributed by atoms with E-state index in [4.69, 9.17) is 11.6 Å². The van der Waals surface area contributed by atoms with E-state index in [2.05, 4.69) is 0 Å². The van der Waals surface area contributed by atoms with Gasteiger partial charge in [-0.25, -0.2) is 0 Å². The zero-order valence-corrected chi connectivity index (χ0v) is 11.5. The topological polar surface area (TPSA) is 20.2 Å². The molecule has 0 saturated heterocycles. The van der Waals surface area contributed by atoms with Gasteiger partial charge in [0.1, 0.15) is 5.75 Å². The Bertz CT molecular complexity index is 721. The van der Waals surface area contributed by atoms with Crippen molar-refractivity contribution in [1.29, 1.82) is 0 Å². The van der Waals surface area contributed by atoms with E-state index in [1.165, 1.54) is 0 Å². The lowest BCUT2D eigenvalue weighted by molar-refractivity contribution is 0.478. The van der Waals surface area contributed by atoms with Gasteiger partial charge in [0, 0.05) is 5.56 Å². The minimum absolute atomic E-state index is 0.124. The van der Waals surface area contributed by atoms with Crippen LogP contribution >= 0.6 is 11.6 Å². The van der Waals surface area contributed by atoms with Crippen molar-refractivity contribution in [2.45, 2.75) is 0 Å². The largest absolute Gasteiger partial charge is 0.506 e. The highest BCUT2D eigenvalue weighted by Gasteiger charge is 2.14. The van der Waals surface area contributed by atoms with Gasteiger partial charge in [-0.15, -0.1) is 0 Å². The fourth-order valence-corrected chi connectivity index (χ4v) is 2.48. The third kappa shape index (κ3) is 2.28. The second-order valence-corrected chi connectivity index (χ2v) is 4.96. The quantitative estimate of drug-likeness (QED) is 0.668. The minimum atomic E-state index is 0.124. The molecule has 1 nitrogen and oxygen atoms in total. The maximum Gasteiger partial charge on any atom is 0.142 e. The lowest BCUT2D eigenvalue weighted by Gasteiger charge is -2.13. The van der Waals surface area contributed by atoms with Crippen LogP contribution in [0.2, 0.25) is 5.02 Å². The van der Waals surface area contributed by atoms with E-state index in [9.17, 15) is 5.11 Å². The molecule has 0 bridgehead atoms. The summed E-state index contributed by atoms with van der Waals surface area (Å²) < 4.78 is 0. The minimum Gasteiger partial charge on any atom is -0.506 e. The van der Waals surface area contributed by atoms with Crippen LogP contribution in [0.25, 0.3) is 22.3 Å². The van der Waals surface area contributed by atoms with Gasteiger partial charge in [0.25, 0.3) is 0 Å². The highest BCUT2D eigenvalue weighted by atomic mass is 35.5. The molecule has 20 heavy (non-hydrogen) atoms. The van der Waals surface area contributed by atoms with Crippen molar-refractivity contribution in [3.8, 4) is 28.0 Å². The standard InChI is InChI=1S/C18H13ClO/c19-16-12-11-15(13-7-3-1-4-8-13)17(18(16)20)14-9-5-2-6-10-14/h1-12,20H. The molecular formula is C18H13ClO. The summed E-state index contributed by atoms with van der Waals surface area (Å²) in [7, 11) is 0. The molecule has 98 valence electrons. The van der Waals surface area contributed by atoms with Gasteiger partial charge in [0.2, 0.25) is 0 Å². The molecule has 3 aromatic carbocycles. The number of halogens is 1. The van der Waals surface area contributed by atoms with E-state index >= 15 is 0 Å². The van der Waals surface area contributed by atoms with Gasteiger partial charge in [-0.3, -0.25) is 0 Å². The summed E-state index contributed by atoms with van der Waals surface area (Å²) in [6.45, 7) is 0. The predicted octanol–water partition coefficient (Wildman–Crippen LogP) is 5.38. The summed E-state index contributed by atoms with van der Waals surface area (Å²) in [5, 5.41) is 10.7. The second kappa shape index (κ2) is 5.40. The molecular weight excluding hydrogens is 268 g/mol. The highest BCUT2D eigenvalue weighted by molar-refractivity contribution is 6.32. The van der Waals surface area contributed by atoms with Crippen molar-refractivity contribution in [3.05, 3.63) is 77.8 Å². The number of hydrogen-bond acceptors (Lipinski definition) is 1. The number of aromatic hydroxyl groups is 1. The lowest BCUT2D eigenvalue weighted by atomic mass is 9.94. The molecule has 2 heteroatoms. The summed E-state index contributed by atoms with van der Waals surface area (Å²) in [5.74, 6) is 0.124. The normalized spacial score (nSPS) is 10.4. The maximum absolute atomic E-state index is 10.4. The molecule has 0 amide bonds. The van der Waals surface area contributed by atoms with Gasteiger partial charge >= 0.3 is 0 Å². The Balaban J connectivity index is 2.29. The molecule has 0 aromatic heterocycles. The molecule has 0 aliphatic rings. The molecule has 1 N–H and O–H groups in total. The number of rotatable bonds is 2. The van der Waals surface area contributed by atoms with Crippen LogP contribution in [0.15, 0.2) is 72.8 Å². The first-order chi connectivity index (χ1) is 9.77. The van der Waals surface area contributed by atoms with Gasteiger partial charge < -0.3 is 5.11 Å². The van der Waals surface area contributed by atoms with E-state index < -0.39 is 0 Å². The summed E-state index contributed by atoms with van der Waals surface area (Å²) in [6.07, 6.45) is 0. The Morgan fingerprint density at radius 1 is 0.650 bits per heavy atom. The first kappa shape index (κ1) is 12.8. The summed E-state index contributed by atoms with van der Waals surface area (Å²) in [5.41, 5.74) is 3.74. The smallest absolute Gasteiger partial charge is 0.142 e. The monoisotopic (exact) mass is 280 g/mol. The molecule has 0 spiro atoms. The van der Waals surface area contributed by atoms with Crippen LogP contribution < -0.4 is 0 Å². The molecule has 0 aliphatic heterocycles. The van der Waals surface area contributed by atoms with Crippen molar-refractivity contribution in [1.82, 2.24) is 0 Å². The van der Waals surface area contributed by atoms with E-state index in [1.807, 2.05) is 66.7 Å². The van der Waals surface area contributed by atoms with E-state index in [-0.39, 0.29) is 5.75 Å². The van der Waals surface area contributed by atoms with Gasteiger partial charge in [-0.05, 0) is 22.8 Å². The van der Waals surface area contributed by atoms with Crippen LogP contribution in [0.1, 0.15) is 0 Å². The van der Waals surface area contributed by atoms with Crippen LogP contribution in [0.5, 0.6) is 5.75 Å². The SMILES string of the molecule is Oc1c(Cl)ccc(-c2ccccc2)c1-c1ccccc1. The van der Waals surface area contributed by atoms with Crippen molar-refractivity contribution in [2.24, 2.45) is 0 Å². The first-order valence-electron chi connectivity index (χ1n) is 6.39. The lowest BCUT2D eigenvalue weighted by Crippen LogP contribution is -1.87. The van der Waals surface area contributed by atoms with Crippen molar-refractivity contribution >= 4 is 11.6 Å². The fourth-order valence-electron chi connectivity index (χ4n) is 2.32. The van der Waals surface area contributed by atoms with Crippen molar-refractivity contribution < 1.29 is 5.11 Å². The number of phenolic OH excluding ortho intramolecular Hbond substituents is 1. The fraction of sp³-hybridized carbons (Fsp3) is 0. The molecule has 0 radical (unpaired) electrons. The summed E-state index contributed by atoms with van der Waals surface area (Å²) in [6, 6.07) is 23.4. The second-order valence-electron chi connectivity index (χ2n) is 4.55. The molecule has 0 atom stereocenters. The number of phenols is 1. The van der Waals surface area contributed by atoms with Crippen LogP contribution in [-0.4, -0.2) is 5.11 Å². The van der Waals surface area contributed by atoms with Gasteiger partial charge in [-0.1, -0.05) is 78.3 Å². The third-order valence-corrected chi connectivity index (χ3v) is 3.58. The average molecular weight is 281 g/mol. The number of benzene rings is 3. The van der Waals surface area contributed by atoms with E-state index in [0.717, 1.165) is 22.3 Å². The average Bonchev–Trinajstić information content (AvgIpc) is 2.51. The van der Waals surface area contributed by atoms with Crippen LogP contribution in [0.4, 0.5) is 0 Å². The number of hydrogen-bond donors (Lipinski definition) is 1. The van der Waals surface area contributed by atoms with Crippen LogP contribution in [-0.2, 0) is 0 Å². The molecule has 3 rings (SSSR count). The van der Waals surface area contributed by atoms with Gasteiger partial charge in [-0.2, -0.15) is 0 Å². The van der Waals surface area contributed by atoms with Gasteiger partial charge in [0.05, 0.1) is 5.02 Å². The molecule has 0 unspecified atom stereocenters. The summed E-state index contributed by atoms with van der Waals surface area (Å²) >= 11 is 6.07. The molecule has 0 fully saturated rings. The Hall–Kier alpha value is -2.25. The molecule has 3 aromatic rings. The Kier molecular flexibility index (Phi) is 3.44. The van der Waals surface area contributed by atoms with Crippen LogP contribution in [0.3, 0.4) is 0 Å². The van der Waals surface area contributed by atoms with E-state index in [1.54, 1.807) is 6.07 Å².